The Morgan fingerprint density at radius 1 is 0.652 bits per heavy atom. The molecule has 3 N–H and O–H groups in total. The molecule has 0 amide bonds. The average molecular weight is 331 g/mol. The van der Waals surface area contributed by atoms with Crippen molar-refractivity contribution in [3.05, 3.63) is 0 Å². The lowest BCUT2D eigenvalue weighted by atomic mass is 10.2. The van der Waals surface area contributed by atoms with E-state index in [-0.39, 0.29) is 25.0 Å². The van der Waals surface area contributed by atoms with Gasteiger partial charge in [-0.2, -0.15) is 0 Å². The molecule has 0 bridgehead atoms. The molecule has 0 rings (SSSR count). The molecule has 0 aromatic carbocycles. The van der Waals surface area contributed by atoms with Crippen LogP contribution in [0.4, 0.5) is 0 Å². The molecule has 0 aromatic rings. The molecule has 0 atom stereocenters. The molecule has 0 aliphatic carbocycles. The van der Waals surface area contributed by atoms with Crippen LogP contribution in [0.25, 0.3) is 0 Å². The molecule has 136 valence electrons. The van der Waals surface area contributed by atoms with Crippen LogP contribution in [0, 0.1) is 0 Å². The minimum absolute atomic E-state index is 0.204. The Kier molecular flexibility index (Phi) is 10.0. The fraction of sp³-hybridized carbons (Fsp3) is 0.875. The van der Waals surface area contributed by atoms with Crippen molar-refractivity contribution in [1.29, 1.82) is 0 Å². The maximum atomic E-state index is 11.4. The van der Waals surface area contributed by atoms with Crippen molar-refractivity contribution in [2.45, 2.75) is 52.7 Å². The summed E-state index contributed by atoms with van der Waals surface area (Å²) in [5, 5.41) is 9.22. The van der Waals surface area contributed by atoms with Crippen LogP contribution in [-0.4, -0.2) is 62.4 Å². The number of ether oxygens (including phenoxy) is 2. The van der Waals surface area contributed by atoms with E-state index in [0.29, 0.717) is 13.1 Å². The number of carbonyl (C=O) groups excluding carboxylic acids is 2. The Morgan fingerprint density at radius 3 is 1.26 bits per heavy atom. The summed E-state index contributed by atoms with van der Waals surface area (Å²) < 4.78 is 10.4. The third kappa shape index (κ3) is 17.0. The minimum Gasteiger partial charge on any atom is -0.459 e. The molecular formula is C16H33N3O4. The van der Waals surface area contributed by atoms with Crippen LogP contribution in [0.3, 0.4) is 0 Å². The van der Waals surface area contributed by atoms with Crippen LogP contribution in [0.5, 0.6) is 0 Å². The quantitative estimate of drug-likeness (QED) is 0.395. The Balaban J connectivity index is 3.41. The van der Waals surface area contributed by atoms with Gasteiger partial charge in [0.2, 0.25) is 0 Å². The monoisotopic (exact) mass is 331 g/mol. The van der Waals surface area contributed by atoms with E-state index in [1.165, 1.54) is 0 Å². The van der Waals surface area contributed by atoms with Gasteiger partial charge in [0.15, 0.2) is 0 Å². The standard InChI is InChI=1S/C16H33N3O4/c1-15(2,3)22-13(20)11-18-9-7-17-8-10-19-12-14(21)23-16(4,5)6/h17-19H,7-12H2,1-6H3. The molecule has 0 heterocycles. The first-order chi connectivity index (χ1) is 10.5. The zero-order valence-corrected chi connectivity index (χ0v) is 15.4. The van der Waals surface area contributed by atoms with E-state index in [4.69, 9.17) is 9.47 Å². The maximum absolute atomic E-state index is 11.4. The number of hydrogen-bond acceptors (Lipinski definition) is 7. The third-order valence-electron chi connectivity index (χ3n) is 2.34. The summed E-state index contributed by atoms with van der Waals surface area (Å²) >= 11 is 0. The Labute approximate surface area is 139 Å². The van der Waals surface area contributed by atoms with Gasteiger partial charge < -0.3 is 25.4 Å². The number of esters is 2. The molecule has 0 aliphatic rings. The van der Waals surface area contributed by atoms with Crippen LogP contribution in [0.2, 0.25) is 0 Å². The second-order valence-electron chi connectivity index (χ2n) is 7.28. The SMILES string of the molecule is CC(C)(C)OC(=O)CNCCNCCNCC(=O)OC(C)(C)C. The van der Waals surface area contributed by atoms with Crippen molar-refractivity contribution < 1.29 is 19.1 Å². The average Bonchev–Trinajstić information content (AvgIpc) is 2.32. The molecule has 23 heavy (non-hydrogen) atoms. The first-order valence-corrected chi connectivity index (χ1v) is 8.05. The van der Waals surface area contributed by atoms with Crippen LogP contribution in [0.1, 0.15) is 41.5 Å². The molecular weight excluding hydrogens is 298 g/mol. The zero-order chi connectivity index (χ0) is 17.9. The summed E-state index contributed by atoms with van der Waals surface area (Å²) in [6.07, 6.45) is 0. The largest absolute Gasteiger partial charge is 0.459 e. The van der Waals surface area contributed by atoms with Crippen molar-refractivity contribution in [1.82, 2.24) is 16.0 Å². The number of rotatable bonds is 10. The zero-order valence-electron chi connectivity index (χ0n) is 15.4. The first kappa shape index (κ1) is 21.8. The molecule has 7 heteroatoms. The summed E-state index contributed by atoms with van der Waals surface area (Å²) in [6.45, 7) is 14.3. The lowest BCUT2D eigenvalue weighted by Crippen LogP contribution is -2.38. The molecule has 0 saturated heterocycles. The topological polar surface area (TPSA) is 88.7 Å². The summed E-state index contributed by atoms with van der Waals surface area (Å²) in [5.74, 6) is -0.506. The van der Waals surface area contributed by atoms with Crippen molar-refractivity contribution >= 4 is 11.9 Å². The van der Waals surface area contributed by atoms with E-state index < -0.39 is 11.2 Å². The molecule has 0 aromatic heterocycles. The summed E-state index contributed by atoms with van der Waals surface area (Å²) in [6, 6.07) is 0. The minimum atomic E-state index is -0.448. The van der Waals surface area contributed by atoms with Gasteiger partial charge in [-0.3, -0.25) is 9.59 Å². The smallest absolute Gasteiger partial charge is 0.320 e. The van der Waals surface area contributed by atoms with Crippen molar-refractivity contribution in [3.8, 4) is 0 Å². The lowest BCUT2D eigenvalue weighted by molar-refractivity contribution is -0.154. The van der Waals surface area contributed by atoms with E-state index in [0.717, 1.165) is 13.1 Å². The molecule has 0 aliphatic heterocycles. The molecule has 0 fully saturated rings. The van der Waals surface area contributed by atoms with Gasteiger partial charge in [-0.15, -0.1) is 0 Å². The van der Waals surface area contributed by atoms with Gasteiger partial charge in [-0.25, -0.2) is 0 Å². The molecule has 0 spiro atoms. The molecule has 0 radical (unpaired) electrons. The maximum Gasteiger partial charge on any atom is 0.320 e. The third-order valence-corrected chi connectivity index (χ3v) is 2.34. The van der Waals surface area contributed by atoms with Crippen LogP contribution >= 0.6 is 0 Å². The summed E-state index contributed by atoms with van der Waals surface area (Å²) in [5.41, 5.74) is -0.895. The predicted molar refractivity (Wildman–Crippen MR) is 90.3 cm³/mol. The van der Waals surface area contributed by atoms with E-state index in [9.17, 15) is 9.59 Å². The summed E-state index contributed by atoms with van der Waals surface area (Å²) in [7, 11) is 0. The molecule has 0 unspecified atom stereocenters. The Morgan fingerprint density at radius 2 is 0.957 bits per heavy atom. The number of carbonyl (C=O) groups is 2. The lowest BCUT2D eigenvalue weighted by Gasteiger charge is -2.19. The van der Waals surface area contributed by atoms with Crippen LogP contribution in [0.15, 0.2) is 0 Å². The highest BCUT2D eigenvalue weighted by molar-refractivity contribution is 5.72. The highest BCUT2D eigenvalue weighted by Crippen LogP contribution is 2.06. The predicted octanol–water partition coefficient (Wildman–Crippen LogP) is 0.439. The Hall–Kier alpha value is -1.18. The fourth-order valence-corrected chi connectivity index (χ4v) is 1.61. The van der Waals surface area contributed by atoms with E-state index >= 15 is 0 Å². The second-order valence-corrected chi connectivity index (χ2v) is 7.28. The van der Waals surface area contributed by atoms with E-state index in [1.54, 1.807) is 0 Å². The highest BCUT2D eigenvalue weighted by atomic mass is 16.6. The normalized spacial score (nSPS) is 12.1. The van der Waals surface area contributed by atoms with Gasteiger partial charge in [-0.05, 0) is 41.5 Å². The first-order valence-electron chi connectivity index (χ1n) is 8.05. The number of nitrogens with one attached hydrogen (secondary N) is 3. The number of hydrogen-bond donors (Lipinski definition) is 3. The van der Waals surface area contributed by atoms with E-state index in [2.05, 4.69) is 16.0 Å². The van der Waals surface area contributed by atoms with Crippen molar-refractivity contribution in [3.63, 3.8) is 0 Å². The highest BCUT2D eigenvalue weighted by Gasteiger charge is 2.16. The molecule has 7 nitrogen and oxygen atoms in total. The van der Waals surface area contributed by atoms with Crippen molar-refractivity contribution in [2.75, 3.05) is 39.3 Å². The van der Waals surface area contributed by atoms with Gasteiger partial charge in [0.05, 0.1) is 13.1 Å². The van der Waals surface area contributed by atoms with Gasteiger partial charge in [0, 0.05) is 26.2 Å². The van der Waals surface area contributed by atoms with Gasteiger partial charge in [-0.1, -0.05) is 0 Å². The van der Waals surface area contributed by atoms with Crippen LogP contribution in [-0.2, 0) is 19.1 Å². The molecule has 0 saturated carbocycles. The Bertz CT molecular complexity index is 325. The van der Waals surface area contributed by atoms with Gasteiger partial charge >= 0.3 is 11.9 Å². The van der Waals surface area contributed by atoms with E-state index in [1.807, 2.05) is 41.5 Å². The van der Waals surface area contributed by atoms with Crippen molar-refractivity contribution in [2.24, 2.45) is 0 Å². The van der Waals surface area contributed by atoms with Gasteiger partial charge in [0.25, 0.3) is 0 Å². The van der Waals surface area contributed by atoms with Gasteiger partial charge in [0.1, 0.15) is 11.2 Å². The second kappa shape index (κ2) is 10.6. The van der Waals surface area contributed by atoms with Crippen LogP contribution < -0.4 is 16.0 Å². The summed E-state index contributed by atoms with van der Waals surface area (Å²) in [4.78, 5) is 22.9. The fourth-order valence-electron chi connectivity index (χ4n) is 1.61.